The Balaban J connectivity index is 1.55. The summed E-state index contributed by atoms with van der Waals surface area (Å²) in [6, 6.07) is 10.6. The number of hydrogen-bond donors (Lipinski definition) is 2. The second-order valence-electron chi connectivity index (χ2n) is 5.90. The zero-order valence-electron chi connectivity index (χ0n) is 11.5. The van der Waals surface area contributed by atoms with E-state index in [2.05, 4.69) is 16.7 Å². The van der Waals surface area contributed by atoms with Crippen molar-refractivity contribution in [3.8, 4) is 6.07 Å². The Hall–Kier alpha value is -2.32. The van der Waals surface area contributed by atoms with Gasteiger partial charge < -0.3 is 15.0 Å². The average molecular weight is 280 g/mol. The lowest BCUT2D eigenvalue weighted by Gasteiger charge is -2.21. The molecule has 5 nitrogen and oxygen atoms in total. The van der Waals surface area contributed by atoms with E-state index in [0.717, 1.165) is 18.4 Å². The molecule has 2 fully saturated rings. The van der Waals surface area contributed by atoms with Gasteiger partial charge in [0.25, 0.3) is 5.91 Å². The summed E-state index contributed by atoms with van der Waals surface area (Å²) in [7, 11) is 0. The average Bonchev–Trinajstić information content (AvgIpc) is 3.21. The Labute approximate surface area is 122 Å². The van der Waals surface area contributed by atoms with Crippen LogP contribution in [0.4, 0.5) is 0 Å². The van der Waals surface area contributed by atoms with E-state index in [0.29, 0.717) is 23.3 Å². The summed E-state index contributed by atoms with van der Waals surface area (Å²) in [6.45, 7) is 0. The highest BCUT2D eigenvalue weighted by molar-refractivity contribution is 5.95. The van der Waals surface area contributed by atoms with E-state index in [9.17, 15) is 4.79 Å². The Morgan fingerprint density at radius 1 is 1.38 bits per heavy atom. The minimum atomic E-state index is -0.0310. The topological polar surface area (TPSA) is 69.3 Å². The summed E-state index contributed by atoms with van der Waals surface area (Å²) < 4.78 is 1.79. The number of rotatable bonds is 2. The fourth-order valence-corrected chi connectivity index (χ4v) is 3.58. The molecule has 4 rings (SSSR count). The molecule has 0 saturated carbocycles. The summed E-state index contributed by atoms with van der Waals surface area (Å²) in [5.74, 6) is -0.0310. The normalized spacial score (nSPS) is 26.9. The Morgan fingerprint density at radius 3 is 3.00 bits per heavy atom. The first-order valence-corrected chi connectivity index (χ1v) is 7.33. The first-order valence-electron chi connectivity index (χ1n) is 7.33. The van der Waals surface area contributed by atoms with Crippen LogP contribution < -0.4 is 10.6 Å². The largest absolute Gasteiger partial charge is 0.348 e. The fraction of sp³-hybridized carbons (Fsp3) is 0.375. The molecule has 2 saturated heterocycles. The summed E-state index contributed by atoms with van der Waals surface area (Å²) >= 11 is 0. The van der Waals surface area contributed by atoms with Crippen LogP contribution in [0, 0.1) is 11.3 Å². The molecule has 2 N–H and O–H groups in total. The number of hydrogen-bond acceptors (Lipinski definition) is 3. The first kappa shape index (κ1) is 12.4. The van der Waals surface area contributed by atoms with E-state index in [1.54, 1.807) is 22.7 Å². The lowest BCUT2D eigenvalue weighted by atomic mass is 9.95. The molecule has 0 radical (unpaired) electrons. The smallest absolute Gasteiger partial charge is 0.251 e. The van der Waals surface area contributed by atoms with Crippen LogP contribution in [0.2, 0.25) is 0 Å². The lowest BCUT2D eigenvalue weighted by Crippen LogP contribution is -2.42. The fourth-order valence-electron chi connectivity index (χ4n) is 3.58. The van der Waals surface area contributed by atoms with E-state index in [4.69, 9.17) is 5.26 Å². The van der Waals surface area contributed by atoms with Crippen molar-refractivity contribution in [3.05, 3.63) is 41.7 Å². The van der Waals surface area contributed by atoms with Crippen LogP contribution in [0.15, 0.2) is 30.5 Å². The van der Waals surface area contributed by atoms with Gasteiger partial charge in [0.15, 0.2) is 0 Å². The molecule has 2 aliphatic rings. The third-order valence-corrected chi connectivity index (χ3v) is 4.65. The number of nitrogens with zero attached hydrogens (tertiary/aromatic N) is 2. The molecule has 2 aliphatic heterocycles. The van der Waals surface area contributed by atoms with E-state index in [1.807, 2.05) is 12.1 Å². The zero-order valence-corrected chi connectivity index (χ0v) is 11.5. The zero-order chi connectivity index (χ0) is 14.4. The number of fused-ring (bicyclic) bond motifs is 3. The van der Waals surface area contributed by atoms with E-state index in [1.165, 1.54) is 6.42 Å². The summed E-state index contributed by atoms with van der Waals surface area (Å²) in [6.07, 6.45) is 5.19. The van der Waals surface area contributed by atoms with Crippen LogP contribution in [0.3, 0.4) is 0 Å². The van der Waals surface area contributed by atoms with Crippen LogP contribution in [0.1, 0.15) is 35.3 Å². The van der Waals surface area contributed by atoms with Gasteiger partial charge in [-0.2, -0.15) is 5.26 Å². The maximum Gasteiger partial charge on any atom is 0.251 e. The number of amides is 1. The van der Waals surface area contributed by atoms with Crippen LogP contribution >= 0.6 is 0 Å². The molecule has 3 atom stereocenters. The van der Waals surface area contributed by atoms with Crippen molar-refractivity contribution in [2.75, 3.05) is 0 Å². The predicted molar refractivity (Wildman–Crippen MR) is 77.9 cm³/mol. The summed E-state index contributed by atoms with van der Waals surface area (Å²) in [5, 5.41) is 15.7. The number of aromatic nitrogens is 1. The van der Waals surface area contributed by atoms with Crippen molar-refractivity contribution < 1.29 is 4.79 Å². The molecule has 0 aromatic carbocycles. The molecule has 2 aromatic heterocycles. The Bertz CT molecular complexity index is 757. The molecule has 4 heterocycles. The van der Waals surface area contributed by atoms with Gasteiger partial charge in [0.2, 0.25) is 0 Å². The molecular weight excluding hydrogens is 264 g/mol. The van der Waals surface area contributed by atoms with Crippen LogP contribution in [0.25, 0.3) is 5.52 Å². The van der Waals surface area contributed by atoms with Crippen LogP contribution in [0.5, 0.6) is 0 Å². The van der Waals surface area contributed by atoms with Gasteiger partial charge in [-0.15, -0.1) is 0 Å². The highest BCUT2D eigenvalue weighted by Crippen LogP contribution is 2.28. The van der Waals surface area contributed by atoms with Gasteiger partial charge in [-0.3, -0.25) is 4.79 Å². The molecular formula is C16H16N4O. The van der Waals surface area contributed by atoms with Crippen molar-refractivity contribution in [2.45, 2.75) is 37.4 Å². The molecule has 2 bridgehead atoms. The van der Waals surface area contributed by atoms with Gasteiger partial charge in [-0.05, 0) is 43.5 Å². The monoisotopic (exact) mass is 280 g/mol. The predicted octanol–water partition coefficient (Wildman–Crippen LogP) is 1.43. The van der Waals surface area contributed by atoms with Gasteiger partial charge in [0.05, 0.1) is 0 Å². The highest BCUT2D eigenvalue weighted by Gasteiger charge is 2.39. The summed E-state index contributed by atoms with van der Waals surface area (Å²) in [5.41, 5.74) is 2.09. The van der Waals surface area contributed by atoms with E-state index >= 15 is 0 Å². The van der Waals surface area contributed by atoms with Gasteiger partial charge in [-0.1, -0.05) is 0 Å². The summed E-state index contributed by atoms with van der Waals surface area (Å²) in [4.78, 5) is 12.4. The molecule has 0 spiro atoms. The molecule has 2 aromatic rings. The van der Waals surface area contributed by atoms with Gasteiger partial charge in [0.1, 0.15) is 11.8 Å². The molecule has 0 aliphatic carbocycles. The number of pyridine rings is 1. The van der Waals surface area contributed by atoms with E-state index < -0.39 is 0 Å². The number of nitriles is 1. The SMILES string of the molecule is N#Cc1ccc2cc(C(=O)NC3CC4CCC3N4)ccn12. The first-order chi connectivity index (χ1) is 10.2. The third kappa shape index (κ3) is 1.99. The number of carbonyl (C=O) groups excluding carboxylic acids is 1. The van der Waals surface area contributed by atoms with Crippen molar-refractivity contribution >= 4 is 11.4 Å². The minimum absolute atomic E-state index is 0.0310. The molecule has 106 valence electrons. The van der Waals surface area contributed by atoms with E-state index in [-0.39, 0.29) is 11.9 Å². The third-order valence-electron chi connectivity index (χ3n) is 4.65. The minimum Gasteiger partial charge on any atom is -0.348 e. The Morgan fingerprint density at radius 2 is 2.29 bits per heavy atom. The van der Waals surface area contributed by atoms with Gasteiger partial charge in [0, 0.05) is 35.4 Å². The number of carbonyl (C=O) groups is 1. The van der Waals surface area contributed by atoms with Gasteiger partial charge >= 0.3 is 0 Å². The number of nitrogens with one attached hydrogen (secondary N) is 2. The maximum atomic E-state index is 12.4. The van der Waals surface area contributed by atoms with Crippen LogP contribution in [-0.4, -0.2) is 28.4 Å². The van der Waals surface area contributed by atoms with Crippen molar-refractivity contribution in [2.24, 2.45) is 0 Å². The molecule has 21 heavy (non-hydrogen) atoms. The van der Waals surface area contributed by atoms with Crippen LogP contribution in [-0.2, 0) is 0 Å². The van der Waals surface area contributed by atoms with Gasteiger partial charge in [-0.25, -0.2) is 0 Å². The maximum absolute atomic E-state index is 12.4. The second-order valence-corrected chi connectivity index (χ2v) is 5.90. The Kier molecular flexibility index (Phi) is 2.72. The van der Waals surface area contributed by atoms with Crippen molar-refractivity contribution in [1.82, 2.24) is 15.0 Å². The molecule has 5 heteroatoms. The standard InChI is InChI=1S/C16H16N4O/c17-9-13-3-2-12-7-10(5-6-20(12)13)16(21)19-15-8-11-1-4-14(15)18-11/h2-3,5-7,11,14-15,18H,1,4,8H2,(H,19,21). The molecule has 3 unspecified atom stereocenters. The lowest BCUT2D eigenvalue weighted by molar-refractivity contribution is 0.0931. The highest BCUT2D eigenvalue weighted by atomic mass is 16.1. The van der Waals surface area contributed by atoms with Crippen molar-refractivity contribution in [3.63, 3.8) is 0 Å². The molecule has 1 amide bonds. The van der Waals surface area contributed by atoms with Crippen molar-refractivity contribution in [1.29, 1.82) is 5.26 Å². The second kappa shape index (κ2) is 4.61. The quantitative estimate of drug-likeness (QED) is 0.874.